The summed E-state index contributed by atoms with van der Waals surface area (Å²) in [5.74, 6) is 0.0958. The highest BCUT2D eigenvalue weighted by molar-refractivity contribution is 6.11. The van der Waals surface area contributed by atoms with E-state index in [0.29, 0.717) is 28.3 Å². The van der Waals surface area contributed by atoms with E-state index in [2.05, 4.69) is 25.8 Å². The van der Waals surface area contributed by atoms with E-state index in [-0.39, 0.29) is 17.4 Å². The summed E-state index contributed by atoms with van der Waals surface area (Å²) in [5, 5.41) is 23.0. The molecule has 1 aliphatic carbocycles. The van der Waals surface area contributed by atoms with Crippen molar-refractivity contribution in [3.05, 3.63) is 47.7 Å². The van der Waals surface area contributed by atoms with Crippen LogP contribution in [0.15, 0.2) is 47.7 Å². The van der Waals surface area contributed by atoms with Crippen LogP contribution in [0.3, 0.4) is 0 Å². The molecule has 0 unspecified atom stereocenters. The summed E-state index contributed by atoms with van der Waals surface area (Å²) in [5.41, 5.74) is 3.36. The molecule has 1 saturated carbocycles. The molecule has 0 atom stereocenters. The molecule has 0 bridgehead atoms. The Kier molecular flexibility index (Phi) is 5.02. The highest BCUT2D eigenvalue weighted by Crippen LogP contribution is 2.32. The van der Waals surface area contributed by atoms with Crippen molar-refractivity contribution < 1.29 is 9.59 Å². The van der Waals surface area contributed by atoms with Crippen LogP contribution in [0.2, 0.25) is 0 Å². The third-order valence-corrected chi connectivity index (χ3v) is 4.92. The van der Waals surface area contributed by atoms with Gasteiger partial charge in [-0.15, -0.1) is 0 Å². The summed E-state index contributed by atoms with van der Waals surface area (Å²) in [6.45, 7) is 3.44. The first-order chi connectivity index (χ1) is 14.5. The van der Waals surface area contributed by atoms with Crippen LogP contribution < -0.4 is 10.6 Å². The maximum Gasteiger partial charge on any atom is 0.266 e. The Labute approximate surface area is 173 Å². The van der Waals surface area contributed by atoms with E-state index in [1.807, 2.05) is 24.3 Å². The zero-order valence-electron chi connectivity index (χ0n) is 16.6. The first-order valence-electron chi connectivity index (χ1n) is 9.61. The molecule has 2 aromatic heterocycles. The van der Waals surface area contributed by atoms with E-state index in [1.165, 1.54) is 0 Å². The van der Waals surface area contributed by atoms with E-state index in [0.717, 1.165) is 23.8 Å². The number of para-hydroxylation sites is 1. The van der Waals surface area contributed by atoms with Crippen molar-refractivity contribution >= 4 is 34.2 Å². The zero-order chi connectivity index (χ0) is 21.3. The smallest absolute Gasteiger partial charge is 0.266 e. The highest BCUT2D eigenvalue weighted by atomic mass is 16.2. The summed E-state index contributed by atoms with van der Waals surface area (Å²) < 4.78 is 0. The lowest BCUT2D eigenvalue weighted by atomic mass is 10.1. The van der Waals surface area contributed by atoms with Gasteiger partial charge in [-0.05, 0) is 44.9 Å². The van der Waals surface area contributed by atoms with Crippen molar-refractivity contribution in [2.45, 2.75) is 26.7 Å². The third-order valence-electron chi connectivity index (χ3n) is 4.92. The Hall–Kier alpha value is -3.99. The Bertz CT molecular complexity index is 1230. The summed E-state index contributed by atoms with van der Waals surface area (Å²) in [6.07, 6.45) is 3.46. The van der Waals surface area contributed by atoms with E-state index in [9.17, 15) is 14.9 Å². The number of nitrogens with zero attached hydrogens (tertiary/aromatic N) is 3. The van der Waals surface area contributed by atoms with Crippen molar-refractivity contribution in [1.29, 1.82) is 5.26 Å². The van der Waals surface area contributed by atoms with Gasteiger partial charge in [-0.25, -0.2) is 4.98 Å². The summed E-state index contributed by atoms with van der Waals surface area (Å²) in [6, 6.07) is 11.0. The fourth-order valence-electron chi connectivity index (χ4n) is 3.16. The van der Waals surface area contributed by atoms with Gasteiger partial charge in [0.1, 0.15) is 23.2 Å². The molecule has 0 radical (unpaired) electrons. The van der Waals surface area contributed by atoms with Crippen LogP contribution in [0.4, 0.5) is 11.5 Å². The normalized spacial score (nSPS) is 12.8. The minimum atomic E-state index is -0.463. The SMILES string of the molecule is CC(C)=C(C#N)C(=O)Nc1cccc2c(-c3ccnc(NC(=O)C4CC4)c3)n[nH]c12. The number of carbonyl (C=O) groups is 2. The van der Waals surface area contributed by atoms with Crippen molar-refractivity contribution in [2.75, 3.05) is 10.6 Å². The molecule has 0 spiro atoms. The molecule has 4 rings (SSSR count). The number of aromatic nitrogens is 3. The number of nitriles is 1. The predicted octanol–water partition coefficient (Wildman–Crippen LogP) is 3.77. The second-order valence-corrected chi connectivity index (χ2v) is 7.43. The molecule has 8 nitrogen and oxygen atoms in total. The molecule has 2 heterocycles. The van der Waals surface area contributed by atoms with E-state index < -0.39 is 5.91 Å². The lowest BCUT2D eigenvalue weighted by molar-refractivity contribution is -0.117. The second-order valence-electron chi connectivity index (χ2n) is 7.43. The molecule has 1 aromatic carbocycles. The van der Waals surface area contributed by atoms with Gasteiger partial charge >= 0.3 is 0 Å². The lowest BCUT2D eigenvalue weighted by Gasteiger charge is -2.07. The number of fused-ring (bicyclic) bond motifs is 1. The average molecular weight is 400 g/mol. The minimum absolute atomic E-state index is 0.0101. The molecule has 150 valence electrons. The largest absolute Gasteiger partial charge is 0.319 e. The van der Waals surface area contributed by atoms with Crippen molar-refractivity contribution in [2.24, 2.45) is 5.92 Å². The number of pyridine rings is 1. The Morgan fingerprint density at radius 1 is 1.20 bits per heavy atom. The molecule has 3 N–H and O–H groups in total. The van der Waals surface area contributed by atoms with Crippen molar-refractivity contribution in [3.63, 3.8) is 0 Å². The fraction of sp³-hybridized carbons (Fsp3) is 0.227. The van der Waals surface area contributed by atoms with E-state index >= 15 is 0 Å². The highest BCUT2D eigenvalue weighted by Gasteiger charge is 2.29. The number of amides is 2. The number of rotatable bonds is 5. The van der Waals surface area contributed by atoms with Gasteiger partial charge in [0.15, 0.2) is 0 Å². The lowest BCUT2D eigenvalue weighted by Crippen LogP contribution is -2.14. The van der Waals surface area contributed by atoms with Crippen LogP contribution in [0.5, 0.6) is 0 Å². The molecular weight excluding hydrogens is 380 g/mol. The molecule has 2 amide bonds. The average Bonchev–Trinajstić information content (AvgIpc) is 3.48. The summed E-state index contributed by atoms with van der Waals surface area (Å²) in [7, 11) is 0. The number of hydrogen-bond donors (Lipinski definition) is 3. The van der Waals surface area contributed by atoms with Crippen LogP contribution in [-0.4, -0.2) is 27.0 Å². The van der Waals surface area contributed by atoms with Gasteiger partial charge in [-0.3, -0.25) is 14.7 Å². The van der Waals surface area contributed by atoms with E-state index in [4.69, 9.17) is 0 Å². The van der Waals surface area contributed by atoms with Crippen molar-refractivity contribution in [3.8, 4) is 17.3 Å². The number of aromatic amines is 1. The number of allylic oxidation sites excluding steroid dienone is 1. The van der Waals surface area contributed by atoms with Gasteiger partial charge in [-0.2, -0.15) is 10.4 Å². The first kappa shape index (κ1) is 19.3. The number of carbonyl (C=O) groups excluding carboxylic acids is 2. The molecule has 0 saturated heterocycles. The number of anilines is 2. The molecule has 3 aromatic rings. The quantitative estimate of drug-likeness (QED) is 0.444. The predicted molar refractivity (Wildman–Crippen MR) is 113 cm³/mol. The Morgan fingerprint density at radius 3 is 2.70 bits per heavy atom. The van der Waals surface area contributed by atoms with E-state index in [1.54, 1.807) is 32.2 Å². The summed E-state index contributed by atoms with van der Waals surface area (Å²) >= 11 is 0. The van der Waals surface area contributed by atoms with Crippen molar-refractivity contribution in [1.82, 2.24) is 15.2 Å². The third kappa shape index (κ3) is 3.78. The van der Waals surface area contributed by atoms with Gasteiger partial charge in [0, 0.05) is 23.1 Å². The topological polar surface area (TPSA) is 124 Å². The van der Waals surface area contributed by atoms with Crippen LogP contribution in [0.1, 0.15) is 26.7 Å². The Balaban J connectivity index is 1.65. The molecule has 1 aliphatic rings. The first-order valence-corrected chi connectivity index (χ1v) is 9.61. The van der Waals surface area contributed by atoms with Gasteiger partial charge in [0.25, 0.3) is 5.91 Å². The Morgan fingerprint density at radius 2 is 2.00 bits per heavy atom. The molecule has 0 aliphatic heterocycles. The van der Waals surface area contributed by atoms with Crippen LogP contribution in [-0.2, 0) is 9.59 Å². The number of benzene rings is 1. The maximum atomic E-state index is 12.4. The molecular formula is C22H20N6O2. The van der Waals surface area contributed by atoms with Crippen LogP contribution in [0, 0.1) is 17.2 Å². The number of hydrogen-bond acceptors (Lipinski definition) is 5. The van der Waals surface area contributed by atoms with Crippen LogP contribution in [0.25, 0.3) is 22.2 Å². The number of H-pyrrole nitrogens is 1. The fourth-order valence-corrected chi connectivity index (χ4v) is 3.16. The van der Waals surface area contributed by atoms with Crippen LogP contribution >= 0.6 is 0 Å². The maximum absolute atomic E-state index is 12.4. The van der Waals surface area contributed by atoms with Gasteiger partial charge < -0.3 is 10.6 Å². The van der Waals surface area contributed by atoms with Gasteiger partial charge in [0.05, 0.1) is 11.2 Å². The minimum Gasteiger partial charge on any atom is -0.319 e. The number of nitrogens with one attached hydrogen (secondary N) is 3. The zero-order valence-corrected chi connectivity index (χ0v) is 16.6. The van der Waals surface area contributed by atoms with Gasteiger partial charge in [-0.1, -0.05) is 17.7 Å². The standard InChI is InChI=1S/C22H20N6O2/c1-12(2)16(11-23)22(30)25-17-5-3-4-15-19(27-28-20(15)17)14-8-9-24-18(10-14)26-21(29)13-6-7-13/h3-5,8-10,13H,6-7H2,1-2H3,(H,25,30)(H,27,28)(H,24,26,29). The summed E-state index contributed by atoms with van der Waals surface area (Å²) in [4.78, 5) is 28.7. The van der Waals surface area contributed by atoms with Gasteiger partial charge in [0.2, 0.25) is 5.91 Å². The molecule has 8 heteroatoms. The molecule has 1 fully saturated rings. The monoisotopic (exact) mass is 400 g/mol. The second kappa shape index (κ2) is 7.79. The molecule has 30 heavy (non-hydrogen) atoms.